The van der Waals surface area contributed by atoms with Gasteiger partial charge in [-0.05, 0) is 52.7 Å². The highest BCUT2D eigenvalue weighted by Crippen LogP contribution is 2.31. The van der Waals surface area contributed by atoms with Crippen molar-refractivity contribution in [3.63, 3.8) is 0 Å². The Morgan fingerprint density at radius 1 is 0.880 bits per heavy atom. The smallest absolute Gasteiger partial charge is 0.321 e. The molecule has 0 radical (unpaired) electrons. The summed E-state index contributed by atoms with van der Waals surface area (Å²) in [6, 6.07) is 18.5. The molecule has 0 aliphatic heterocycles. The van der Waals surface area contributed by atoms with Crippen molar-refractivity contribution in [1.82, 2.24) is 9.97 Å². The first-order valence-electron chi connectivity index (χ1n) is 7.67. The summed E-state index contributed by atoms with van der Waals surface area (Å²) in [4.78, 5) is 8.55. The molecule has 0 bridgehead atoms. The van der Waals surface area contributed by atoms with Crippen LogP contribution in [-0.4, -0.2) is 15.1 Å². The van der Waals surface area contributed by atoms with E-state index in [1.807, 2.05) is 24.3 Å². The van der Waals surface area contributed by atoms with Gasteiger partial charge in [-0.1, -0.05) is 35.9 Å². The number of phenols is 1. The average molecular weight is 349 g/mol. The Morgan fingerprint density at radius 2 is 1.64 bits per heavy atom. The first-order valence-corrected chi connectivity index (χ1v) is 8.04. The third-order valence-electron chi connectivity index (χ3n) is 3.83. The van der Waals surface area contributed by atoms with Crippen LogP contribution in [0.4, 0.5) is 0 Å². The van der Waals surface area contributed by atoms with E-state index in [1.54, 1.807) is 48.8 Å². The summed E-state index contributed by atoms with van der Waals surface area (Å²) < 4.78 is 5.61. The molecular weight excluding hydrogens is 336 g/mol. The lowest BCUT2D eigenvalue weighted by molar-refractivity contribution is 0.442. The van der Waals surface area contributed by atoms with Gasteiger partial charge in [0.05, 0.1) is 0 Å². The molecule has 1 N–H and O–H groups in total. The quantitative estimate of drug-likeness (QED) is 0.535. The van der Waals surface area contributed by atoms with Crippen molar-refractivity contribution in [2.75, 3.05) is 0 Å². The van der Waals surface area contributed by atoms with Gasteiger partial charge in [0.2, 0.25) is 0 Å². The first kappa shape index (κ1) is 15.4. The zero-order valence-corrected chi connectivity index (χ0v) is 13.8. The maximum atomic E-state index is 9.77. The number of nitrogens with zero attached hydrogens (tertiary/aromatic N) is 2. The number of hydrogen-bond donors (Lipinski definition) is 1. The van der Waals surface area contributed by atoms with Gasteiger partial charge in [0, 0.05) is 23.0 Å². The predicted molar refractivity (Wildman–Crippen MR) is 98.2 cm³/mol. The second-order valence-electron chi connectivity index (χ2n) is 5.52. The summed E-state index contributed by atoms with van der Waals surface area (Å²) in [5, 5.41) is 12.4. The molecular formula is C20H13ClN2O2. The van der Waals surface area contributed by atoms with Crippen molar-refractivity contribution < 1.29 is 9.84 Å². The molecule has 0 amide bonds. The van der Waals surface area contributed by atoms with Crippen molar-refractivity contribution in [1.29, 1.82) is 0 Å². The summed E-state index contributed by atoms with van der Waals surface area (Å²) in [5.74, 6) is 0.843. The average Bonchev–Trinajstić information content (AvgIpc) is 2.64. The van der Waals surface area contributed by atoms with Crippen molar-refractivity contribution in [3.05, 3.63) is 78.1 Å². The minimum absolute atomic E-state index is 0.226. The highest BCUT2D eigenvalue weighted by Gasteiger charge is 2.07. The minimum Gasteiger partial charge on any atom is -0.508 e. The van der Waals surface area contributed by atoms with Crippen LogP contribution in [0.5, 0.6) is 17.5 Å². The van der Waals surface area contributed by atoms with Crippen molar-refractivity contribution in [2.45, 2.75) is 0 Å². The third-order valence-corrected chi connectivity index (χ3v) is 4.08. The van der Waals surface area contributed by atoms with Gasteiger partial charge in [-0.3, -0.25) is 0 Å². The SMILES string of the molecule is Oc1ccc2cccc(-c3cnc(Oc4ccc(Cl)cc4)nc3)c2c1. The predicted octanol–water partition coefficient (Wildman–Crippen LogP) is 5.45. The van der Waals surface area contributed by atoms with E-state index in [0.29, 0.717) is 10.8 Å². The lowest BCUT2D eigenvalue weighted by Gasteiger charge is -2.08. The van der Waals surface area contributed by atoms with Crippen LogP contribution in [0.25, 0.3) is 21.9 Å². The topological polar surface area (TPSA) is 55.2 Å². The number of rotatable bonds is 3. The van der Waals surface area contributed by atoms with Crippen LogP contribution in [0.3, 0.4) is 0 Å². The highest BCUT2D eigenvalue weighted by molar-refractivity contribution is 6.30. The maximum Gasteiger partial charge on any atom is 0.321 e. The van der Waals surface area contributed by atoms with Gasteiger partial charge in [0.1, 0.15) is 11.5 Å². The number of benzene rings is 3. The van der Waals surface area contributed by atoms with Crippen LogP contribution in [0.1, 0.15) is 0 Å². The molecule has 0 atom stereocenters. The molecule has 1 heterocycles. The third kappa shape index (κ3) is 3.25. The van der Waals surface area contributed by atoms with Crippen molar-refractivity contribution >= 4 is 22.4 Å². The Hall–Kier alpha value is -3.11. The monoisotopic (exact) mass is 348 g/mol. The van der Waals surface area contributed by atoms with E-state index < -0.39 is 0 Å². The fourth-order valence-corrected chi connectivity index (χ4v) is 2.75. The molecule has 122 valence electrons. The molecule has 0 unspecified atom stereocenters. The molecule has 4 nitrogen and oxygen atoms in total. The van der Waals surface area contributed by atoms with Gasteiger partial charge in [-0.15, -0.1) is 0 Å². The molecule has 0 aliphatic carbocycles. The van der Waals surface area contributed by atoms with Crippen LogP contribution in [-0.2, 0) is 0 Å². The number of aromatic hydroxyl groups is 1. The summed E-state index contributed by atoms with van der Waals surface area (Å²) in [7, 11) is 0. The largest absolute Gasteiger partial charge is 0.508 e. The zero-order chi connectivity index (χ0) is 17.2. The molecule has 3 aromatic carbocycles. The van der Waals surface area contributed by atoms with E-state index in [1.165, 1.54) is 0 Å². The number of hydrogen-bond acceptors (Lipinski definition) is 4. The highest BCUT2D eigenvalue weighted by atomic mass is 35.5. The van der Waals surface area contributed by atoms with E-state index >= 15 is 0 Å². The molecule has 0 aliphatic rings. The molecule has 4 rings (SSSR count). The van der Waals surface area contributed by atoms with E-state index in [-0.39, 0.29) is 11.8 Å². The molecule has 0 saturated carbocycles. The Bertz CT molecular complexity index is 1030. The summed E-state index contributed by atoms with van der Waals surface area (Å²) in [6.45, 7) is 0. The van der Waals surface area contributed by atoms with Gasteiger partial charge in [0.25, 0.3) is 0 Å². The van der Waals surface area contributed by atoms with Crippen LogP contribution in [0, 0.1) is 0 Å². The van der Waals surface area contributed by atoms with E-state index in [2.05, 4.69) is 9.97 Å². The van der Waals surface area contributed by atoms with Gasteiger partial charge in [-0.2, -0.15) is 0 Å². The number of ether oxygens (including phenoxy) is 1. The minimum atomic E-state index is 0.226. The van der Waals surface area contributed by atoms with Crippen LogP contribution in [0.2, 0.25) is 5.02 Å². The maximum absolute atomic E-state index is 9.77. The molecule has 25 heavy (non-hydrogen) atoms. The van der Waals surface area contributed by atoms with Gasteiger partial charge < -0.3 is 9.84 Å². The van der Waals surface area contributed by atoms with Crippen LogP contribution >= 0.6 is 11.6 Å². The molecule has 0 saturated heterocycles. The second-order valence-corrected chi connectivity index (χ2v) is 5.96. The molecule has 0 spiro atoms. The summed E-state index contributed by atoms with van der Waals surface area (Å²) in [6.07, 6.45) is 3.41. The standard InChI is InChI=1S/C20H13ClN2O2/c21-15-5-8-17(9-6-15)25-20-22-11-14(12-23-20)18-3-1-2-13-4-7-16(24)10-19(13)18/h1-12,24H. The molecule has 1 aromatic heterocycles. The molecule has 5 heteroatoms. The number of aromatic nitrogens is 2. The van der Waals surface area contributed by atoms with Crippen LogP contribution in [0.15, 0.2) is 73.1 Å². The van der Waals surface area contributed by atoms with E-state index in [9.17, 15) is 5.11 Å². The fraction of sp³-hybridized carbons (Fsp3) is 0. The second kappa shape index (κ2) is 6.42. The Balaban J connectivity index is 1.66. The fourth-order valence-electron chi connectivity index (χ4n) is 2.63. The first-order chi connectivity index (χ1) is 12.2. The lowest BCUT2D eigenvalue weighted by Crippen LogP contribution is -1.92. The van der Waals surface area contributed by atoms with Crippen LogP contribution < -0.4 is 4.74 Å². The summed E-state index contributed by atoms with van der Waals surface area (Å²) in [5.41, 5.74) is 1.80. The number of fused-ring (bicyclic) bond motifs is 1. The van der Waals surface area contributed by atoms with E-state index in [4.69, 9.17) is 16.3 Å². The Kier molecular flexibility index (Phi) is 3.96. The molecule has 0 fully saturated rings. The van der Waals surface area contributed by atoms with Gasteiger partial charge in [0.15, 0.2) is 0 Å². The number of phenolic OH excluding ortho intramolecular Hbond substituents is 1. The molecule has 4 aromatic rings. The summed E-state index contributed by atoms with van der Waals surface area (Å²) >= 11 is 5.86. The number of halogens is 1. The van der Waals surface area contributed by atoms with Gasteiger partial charge >= 0.3 is 6.01 Å². The zero-order valence-electron chi connectivity index (χ0n) is 13.1. The normalized spacial score (nSPS) is 10.8. The lowest BCUT2D eigenvalue weighted by atomic mass is 10.0. The Labute approximate surface area is 149 Å². The van der Waals surface area contributed by atoms with Gasteiger partial charge in [-0.25, -0.2) is 9.97 Å². The Morgan fingerprint density at radius 3 is 2.40 bits per heavy atom. The van der Waals surface area contributed by atoms with E-state index in [0.717, 1.165) is 21.9 Å². The van der Waals surface area contributed by atoms with Crippen molar-refractivity contribution in [2.24, 2.45) is 0 Å². The van der Waals surface area contributed by atoms with Crippen molar-refractivity contribution in [3.8, 4) is 28.6 Å².